The minimum absolute atomic E-state index is 0.135. The van der Waals surface area contributed by atoms with Gasteiger partial charge in [0.05, 0.1) is 0 Å². The first kappa shape index (κ1) is 11.1. The Labute approximate surface area is 98.3 Å². The van der Waals surface area contributed by atoms with Crippen LogP contribution in [0.1, 0.15) is 5.56 Å². The van der Waals surface area contributed by atoms with Crippen LogP contribution in [0.5, 0.6) is 23.0 Å². The van der Waals surface area contributed by atoms with Crippen molar-refractivity contribution in [2.45, 2.75) is 6.61 Å². The number of ether oxygens (including phenoxy) is 1. The molecule has 0 saturated carbocycles. The zero-order valence-electron chi connectivity index (χ0n) is 9.00. The van der Waals surface area contributed by atoms with Crippen LogP contribution in [0.3, 0.4) is 0 Å². The van der Waals surface area contributed by atoms with Crippen LogP contribution in [0.2, 0.25) is 0 Å². The topological polar surface area (TPSA) is 69.9 Å². The lowest BCUT2D eigenvalue weighted by molar-refractivity contribution is 0.303. The second-order valence-electron chi connectivity index (χ2n) is 3.61. The average molecular weight is 232 g/mol. The highest BCUT2D eigenvalue weighted by Crippen LogP contribution is 2.26. The molecule has 3 N–H and O–H groups in total. The monoisotopic (exact) mass is 232 g/mol. The normalized spacial score (nSPS) is 10.1. The Balaban J connectivity index is 2.05. The van der Waals surface area contributed by atoms with E-state index in [1.54, 1.807) is 24.3 Å². The minimum Gasteiger partial charge on any atom is -0.508 e. The van der Waals surface area contributed by atoms with E-state index in [9.17, 15) is 10.2 Å². The predicted molar refractivity (Wildman–Crippen MR) is 62.2 cm³/mol. The molecule has 0 aliphatic heterocycles. The Morgan fingerprint density at radius 1 is 0.882 bits per heavy atom. The van der Waals surface area contributed by atoms with Crippen molar-refractivity contribution in [2.75, 3.05) is 0 Å². The second-order valence-corrected chi connectivity index (χ2v) is 3.61. The van der Waals surface area contributed by atoms with Gasteiger partial charge in [-0.15, -0.1) is 0 Å². The fourth-order valence-corrected chi connectivity index (χ4v) is 1.40. The van der Waals surface area contributed by atoms with Crippen molar-refractivity contribution in [3.8, 4) is 23.0 Å². The maximum atomic E-state index is 9.30. The summed E-state index contributed by atoms with van der Waals surface area (Å²) in [5.74, 6) is 0.335. The number of phenolic OH excluding ortho intramolecular Hbond substituents is 3. The fourth-order valence-electron chi connectivity index (χ4n) is 1.40. The fraction of sp³-hybridized carbons (Fsp3) is 0.0769. The van der Waals surface area contributed by atoms with E-state index in [-0.39, 0.29) is 23.9 Å². The van der Waals surface area contributed by atoms with Crippen LogP contribution >= 0.6 is 0 Å². The molecule has 0 radical (unpaired) electrons. The summed E-state index contributed by atoms with van der Waals surface area (Å²) in [7, 11) is 0. The highest BCUT2D eigenvalue weighted by atomic mass is 16.5. The van der Waals surface area contributed by atoms with Gasteiger partial charge in [-0.1, -0.05) is 12.1 Å². The van der Waals surface area contributed by atoms with Crippen LogP contribution in [0.15, 0.2) is 42.5 Å². The van der Waals surface area contributed by atoms with Gasteiger partial charge in [-0.2, -0.15) is 0 Å². The molecular weight excluding hydrogens is 220 g/mol. The molecule has 0 atom stereocenters. The number of rotatable bonds is 3. The quantitative estimate of drug-likeness (QED) is 0.710. The molecule has 0 fully saturated rings. The lowest BCUT2D eigenvalue weighted by atomic mass is 10.2. The van der Waals surface area contributed by atoms with E-state index in [0.717, 1.165) is 5.56 Å². The first-order valence-corrected chi connectivity index (χ1v) is 5.08. The molecule has 4 nitrogen and oxygen atoms in total. The molecule has 0 aliphatic rings. The maximum Gasteiger partial charge on any atom is 0.157 e. The highest BCUT2D eigenvalue weighted by molar-refractivity contribution is 5.40. The van der Waals surface area contributed by atoms with Crippen molar-refractivity contribution < 1.29 is 20.1 Å². The number of phenols is 3. The van der Waals surface area contributed by atoms with E-state index in [1.165, 1.54) is 18.2 Å². The summed E-state index contributed by atoms with van der Waals surface area (Å²) in [5, 5.41) is 27.7. The van der Waals surface area contributed by atoms with E-state index < -0.39 is 0 Å². The van der Waals surface area contributed by atoms with Gasteiger partial charge in [0.15, 0.2) is 11.5 Å². The third-order valence-electron chi connectivity index (χ3n) is 2.26. The summed E-state index contributed by atoms with van der Waals surface area (Å²) in [6.45, 7) is 0.247. The van der Waals surface area contributed by atoms with Gasteiger partial charge < -0.3 is 20.1 Å². The Bertz CT molecular complexity index is 523. The molecule has 88 valence electrons. The first-order valence-electron chi connectivity index (χ1n) is 5.08. The zero-order chi connectivity index (χ0) is 12.3. The van der Waals surface area contributed by atoms with Crippen LogP contribution in [0.25, 0.3) is 0 Å². The summed E-state index contributed by atoms with van der Waals surface area (Å²) in [6.07, 6.45) is 0. The Kier molecular flexibility index (Phi) is 3.05. The molecule has 0 aromatic heterocycles. The largest absolute Gasteiger partial charge is 0.508 e. The maximum absolute atomic E-state index is 9.30. The molecule has 4 heteroatoms. The predicted octanol–water partition coefficient (Wildman–Crippen LogP) is 2.38. The van der Waals surface area contributed by atoms with Crippen molar-refractivity contribution in [1.29, 1.82) is 0 Å². The Hall–Kier alpha value is -2.36. The third-order valence-corrected chi connectivity index (χ3v) is 2.26. The molecule has 0 saturated heterocycles. The molecule has 0 bridgehead atoms. The van der Waals surface area contributed by atoms with Gasteiger partial charge in [0, 0.05) is 6.07 Å². The molecule has 0 aliphatic carbocycles. The van der Waals surface area contributed by atoms with Crippen molar-refractivity contribution in [3.63, 3.8) is 0 Å². The van der Waals surface area contributed by atoms with Crippen molar-refractivity contribution in [3.05, 3.63) is 48.0 Å². The van der Waals surface area contributed by atoms with E-state index in [0.29, 0.717) is 5.75 Å². The summed E-state index contributed by atoms with van der Waals surface area (Å²) < 4.78 is 5.41. The molecule has 2 aromatic rings. The number of hydrogen-bond acceptors (Lipinski definition) is 4. The first-order chi connectivity index (χ1) is 8.15. The number of hydrogen-bond donors (Lipinski definition) is 3. The number of aromatic hydroxyl groups is 3. The van der Waals surface area contributed by atoms with Crippen LogP contribution in [0.4, 0.5) is 0 Å². The van der Waals surface area contributed by atoms with Crippen LogP contribution in [-0.2, 0) is 6.61 Å². The van der Waals surface area contributed by atoms with Crippen LogP contribution < -0.4 is 4.74 Å². The molecular formula is C13H12O4. The van der Waals surface area contributed by atoms with E-state index in [1.807, 2.05) is 0 Å². The summed E-state index contributed by atoms with van der Waals surface area (Å²) >= 11 is 0. The molecule has 0 spiro atoms. The highest BCUT2D eigenvalue weighted by Gasteiger charge is 2.02. The van der Waals surface area contributed by atoms with Crippen molar-refractivity contribution >= 4 is 0 Å². The van der Waals surface area contributed by atoms with Crippen LogP contribution in [0, 0.1) is 0 Å². The lowest BCUT2D eigenvalue weighted by Gasteiger charge is -2.07. The van der Waals surface area contributed by atoms with Gasteiger partial charge in [0.1, 0.15) is 18.1 Å². The average Bonchev–Trinajstić information content (AvgIpc) is 2.31. The summed E-state index contributed by atoms with van der Waals surface area (Å²) in [5.41, 5.74) is 0.726. The Morgan fingerprint density at radius 3 is 2.41 bits per heavy atom. The second kappa shape index (κ2) is 4.65. The molecule has 0 heterocycles. The van der Waals surface area contributed by atoms with Gasteiger partial charge >= 0.3 is 0 Å². The summed E-state index contributed by atoms with van der Waals surface area (Å²) in [6, 6.07) is 10.9. The van der Waals surface area contributed by atoms with E-state index in [4.69, 9.17) is 9.84 Å². The van der Waals surface area contributed by atoms with E-state index in [2.05, 4.69) is 0 Å². The van der Waals surface area contributed by atoms with E-state index >= 15 is 0 Å². The SMILES string of the molecule is Oc1cccc(OCc2ccc(O)c(O)c2)c1. The summed E-state index contributed by atoms with van der Waals surface area (Å²) in [4.78, 5) is 0. The van der Waals surface area contributed by atoms with Crippen molar-refractivity contribution in [2.24, 2.45) is 0 Å². The standard InChI is InChI=1S/C13H12O4/c14-10-2-1-3-11(7-10)17-8-9-4-5-12(15)13(16)6-9/h1-7,14-16H,8H2. The lowest BCUT2D eigenvalue weighted by Crippen LogP contribution is -1.94. The smallest absolute Gasteiger partial charge is 0.157 e. The third kappa shape index (κ3) is 2.81. The Morgan fingerprint density at radius 2 is 1.71 bits per heavy atom. The van der Waals surface area contributed by atoms with Gasteiger partial charge in [-0.05, 0) is 29.8 Å². The molecule has 2 rings (SSSR count). The van der Waals surface area contributed by atoms with Gasteiger partial charge in [-0.3, -0.25) is 0 Å². The molecule has 0 unspecified atom stereocenters. The van der Waals surface area contributed by atoms with Crippen molar-refractivity contribution in [1.82, 2.24) is 0 Å². The molecule has 17 heavy (non-hydrogen) atoms. The van der Waals surface area contributed by atoms with Gasteiger partial charge in [0.2, 0.25) is 0 Å². The number of benzene rings is 2. The molecule has 2 aromatic carbocycles. The van der Waals surface area contributed by atoms with Gasteiger partial charge in [-0.25, -0.2) is 0 Å². The minimum atomic E-state index is -0.179. The van der Waals surface area contributed by atoms with Gasteiger partial charge in [0.25, 0.3) is 0 Å². The zero-order valence-corrected chi connectivity index (χ0v) is 9.00. The molecule has 0 amide bonds. The van der Waals surface area contributed by atoms with Crippen LogP contribution in [-0.4, -0.2) is 15.3 Å².